The Morgan fingerprint density at radius 1 is 1.42 bits per heavy atom. The van der Waals surface area contributed by atoms with E-state index in [0.717, 1.165) is 4.90 Å². The summed E-state index contributed by atoms with van der Waals surface area (Å²) in [6, 6.07) is 0. The van der Waals surface area contributed by atoms with Crippen molar-refractivity contribution in [2.45, 2.75) is 52.1 Å². The Bertz CT molecular complexity index is 431. The standard InChI is InChI=1S/C11H20FNO5S/c1-5-19(15,16)18-9-6-8(12)7-13(9)10(14)17-11(2,3)4/h8-9H,5-7H2,1-4H3/t8?,9-/m0/s1. The van der Waals surface area contributed by atoms with Gasteiger partial charge in [-0.2, -0.15) is 8.42 Å². The fourth-order valence-corrected chi connectivity index (χ4v) is 2.25. The SMILES string of the molecule is CCS(=O)(=O)O[C@H]1CC(F)CN1C(=O)OC(C)(C)C. The van der Waals surface area contributed by atoms with Crippen LogP contribution in [0.15, 0.2) is 0 Å². The van der Waals surface area contributed by atoms with Crippen LogP contribution in [0.2, 0.25) is 0 Å². The van der Waals surface area contributed by atoms with E-state index in [1.54, 1.807) is 20.8 Å². The normalized spacial score (nSPS) is 24.6. The maximum atomic E-state index is 13.4. The lowest BCUT2D eigenvalue weighted by atomic mass is 10.2. The highest BCUT2D eigenvalue weighted by Crippen LogP contribution is 2.25. The largest absolute Gasteiger partial charge is 0.444 e. The van der Waals surface area contributed by atoms with Crippen molar-refractivity contribution in [2.75, 3.05) is 12.3 Å². The average molecular weight is 297 g/mol. The van der Waals surface area contributed by atoms with Gasteiger partial charge in [0.05, 0.1) is 12.3 Å². The van der Waals surface area contributed by atoms with Crippen LogP contribution in [0.5, 0.6) is 0 Å². The third-order valence-corrected chi connectivity index (χ3v) is 3.66. The fraction of sp³-hybridized carbons (Fsp3) is 0.909. The molecule has 1 unspecified atom stereocenters. The minimum absolute atomic E-state index is 0.168. The fourth-order valence-electron chi connectivity index (χ4n) is 1.59. The van der Waals surface area contributed by atoms with Gasteiger partial charge in [0.15, 0.2) is 6.23 Å². The number of ether oxygens (including phenoxy) is 1. The van der Waals surface area contributed by atoms with E-state index < -0.39 is 34.2 Å². The Morgan fingerprint density at radius 2 is 2.00 bits per heavy atom. The molecule has 8 heteroatoms. The molecule has 0 spiro atoms. The highest BCUT2D eigenvalue weighted by atomic mass is 32.2. The predicted octanol–water partition coefficient (Wildman–Crippen LogP) is 1.66. The van der Waals surface area contributed by atoms with Crippen molar-refractivity contribution in [2.24, 2.45) is 0 Å². The first-order valence-corrected chi connectivity index (χ1v) is 7.66. The van der Waals surface area contributed by atoms with Crippen LogP contribution in [0.3, 0.4) is 0 Å². The van der Waals surface area contributed by atoms with E-state index in [1.807, 2.05) is 0 Å². The van der Waals surface area contributed by atoms with Crippen LogP contribution in [0, 0.1) is 0 Å². The molecule has 0 saturated carbocycles. The second kappa shape index (κ2) is 5.62. The third kappa shape index (κ3) is 4.94. The van der Waals surface area contributed by atoms with Gasteiger partial charge in [-0.3, -0.25) is 4.90 Å². The molecule has 0 aromatic rings. The van der Waals surface area contributed by atoms with Gasteiger partial charge >= 0.3 is 6.09 Å². The first kappa shape index (κ1) is 16.2. The number of likely N-dealkylation sites (tertiary alicyclic amines) is 1. The molecule has 19 heavy (non-hydrogen) atoms. The number of carbonyl (C=O) groups is 1. The van der Waals surface area contributed by atoms with Crippen LogP contribution in [-0.4, -0.2) is 49.7 Å². The lowest BCUT2D eigenvalue weighted by molar-refractivity contribution is -0.00329. The Morgan fingerprint density at radius 3 is 2.47 bits per heavy atom. The highest BCUT2D eigenvalue weighted by Gasteiger charge is 2.40. The number of halogens is 1. The van der Waals surface area contributed by atoms with Crippen molar-refractivity contribution in [1.29, 1.82) is 0 Å². The van der Waals surface area contributed by atoms with Gasteiger partial charge in [0, 0.05) is 6.42 Å². The van der Waals surface area contributed by atoms with Crippen molar-refractivity contribution >= 4 is 16.2 Å². The molecule has 112 valence electrons. The van der Waals surface area contributed by atoms with E-state index in [2.05, 4.69) is 0 Å². The molecule has 0 N–H and O–H groups in total. The molecule has 1 heterocycles. The summed E-state index contributed by atoms with van der Waals surface area (Å²) in [5.74, 6) is -0.234. The molecule has 1 rings (SSSR count). The second-order valence-electron chi connectivity index (χ2n) is 5.36. The van der Waals surface area contributed by atoms with Gasteiger partial charge in [-0.25, -0.2) is 13.4 Å². The number of nitrogens with zero attached hydrogens (tertiary/aromatic N) is 1. The smallest absolute Gasteiger partial charge is 0.412 e. The third-order valence-electron chi connectivity index (χ3n) is 2.44. The summed E-state index contributed by atoms with van der Waals surface area (Å²) in [7, 11) is -3.75. The molecular weight excluding hydrogens is 277 g/mol. The second-order valence-corrected chi connectivity index (χ2v) is 7.25. The zero-order valence-electron chi connectivity index (χ0n) is 11.6. The minimum Gasteiger partial charge on any atom is -0.444 e. The molecule has 0 aromatic heterocycles. The van der Waals surface area contributed by atoms with Crippen molar-refractivity contribution < 1.29 is 26.5 Å². The zero-order chi connectivity index (χ0) is 14.8. The summed E-state index contributed by atoms with van der Waals surface area (Å²) in [5.41, 5.74) is -0.736. The molecule has 2 atom stereocenters. The van der Waals surface area contributed by atoms with Crippen LogP contribution in [0.1, 0.15) is 34.1 Å². The number of carbonyl (C=O) groups excluding carboxylic acids is 1. The number of alkyl halides is 1. The average Bonchev–Trinajstić information content (AvgIpc) is 2.56. The maximum absolute atomic E-state index is 13.4. The maximum Gasteiger partial charge on any atom is 0.412 e. The predicted molar refractivity (Wildman–Crippen MR) is 66.8 cm³/mol. The van der Waals surface area contributed by atoms with Crippen molar-refractivity contribution in [3.05, 3.63) is 0 Å². The monoisotopic (exact) mass is 297 g/mol. The minimum atomic E-state index is -3.75. The first-order valence-electron chi connectivity index (χ1n) is 6.08. The molecule has 1 fully saturated rings. The zero-order valence-corrected chi connectivity index (χ0v) is 12.4. The molecule has 6 nitrogen and oxygen atoms in total. The molecular formula is C11H20FNO5S. The number of hydrogen-bond donors (Lipinski definition) is 0. The topological polar surface area (TPSA) is 72.9 Å². The van der Waals surface area contributed by atoms with E-state index in [-0.39, 0.29) is 18.7 Å². The summed E-state index contributed by atoms with van der Waals surface area (Å²) in [6.07, 6.45) is -3.39. The van der Waals surface area contributed by atoms with Crippen LogP contribution < -0.4 is 0 Å². The number of rotatable bonds is 3. The van der Waals surface area contributed by atoms with Crippen LogP contribution in [-0.2, 0) is 19.0 Å². The van der Waals surface area contributed by atoms with Crippen molar-refractivity contribution in [3.8, 4) is 0 Å². The molecule has 1 saturated heterocycles. The van der Waals surface area contributed by atoms with Gasteiger partial charge in [0.2, 0.25) is 0 Å². The lowest BCUT2D eigenvalue weighted by Gasteiger charge is -2.27. The van der Waals surface area contributed by atoms with Gasteiger partial charge < -0.3 is 4.74 Å². The van der Waals surface area contributed by atoms with Crippen molar-refractivity contribution in [3.63, 3.8) is 0 Å². The summed E-state index contributed by atoms with van der Waals surface area (Å²) >= 11 is 0. The van der Waals surface area contributed by atoms with Gasteiger partial charge in [-0.05, 0) is 27.7 Å². The molecule has 0 aliphatic carbocycles. The molecule has 1 aliphatic rings. The van der Waals surface area contributed by atoms with Crippen molar-refractivity contribution in [1.82, 2.24) is 4.90 Å². The number of hydrogen-bond acceptors (Lipinski definition) is 5. The summed E-state index contributed by atoms with van der Waals surface area (Å²) in [4.78, 5) is 12.8. The van der Waals surface area contributed by atoms with Crippen LogP contribution >= 0.6 is 0 Å². The summed E-state index contributed by atoms with van der Waals surface area (Å²) < 4.78 is 46.1. The Labute approximate surface area is 113 Å². The van der Waals surface area contributed by atoms with Gasteiger partial charge in [-0.15, -0.1) is 0 Å². The first-order chi connectivity index (χ1) is 8.54. The molecule has 0 aromatic carbocycles. The van der Waals surface area contributed by atoms with Gasteiger partial charge in [0.1, 0.15) is 11.8 Å². The molecule has 0 radical (unpaired) electrons. The van der Waals surface area contributed by atoms with Gasteiger partial charge in [0.25, 0.3) is 10.1 Å². The van der Waals surface area contributed by atoms with E-state index in [0.29, 0.717) is 0 Å². The Hall–Kier alpha value is -0.890. The number of amides is 1. The van der Waals surface area contributed by atoms with E-state index >= 15 is 0 Å². The summed E-state index contributed by atoms with van der Waals surface area (Å²) in [5, 5.41) is 0. The Kier molecular flexibility index (Phi) is 4.78. The Balaban J connectivity index is 2.77. The molecule has 1 aliphatic heterocycles. The highest BCUT2D eigenvalue weighted by molar-refractivity contribution is 7.86. The van der Waals surface area contributed by atoms with E-state index in [9.17, 15) is 17.6 Å². The lowest BCUT2D eigenvalue weighted by Crippen LogP contribution is -2.42. The van der Waals surface area contributed by atoms with Crippen LogP contribution in [0.4, 0.5) is 9.18 Å². The van der Waals surface area contributed by atoms with E-state index in [1.165, 1.54) is 6.92 Å². The van der Waals surface area contributed by atoms with Crippen LogP contribution in [0.25, 0.3) is 0 Å². The molecule has 0 bridgehead atoms. The van der Waals surface area contributed by atoms with Gasteiger partial charge in [-0.1, -0.05) is 0 Å². The summed E-state index contributed by atoms with van der Waals surface area (Å²) in [6.45, 7) is 6.21. The quantitative estimate of drug-likeness (QED) is 0.741. The van der Waals surface area contributed by atoms with E-state index in [4.69, 9.17) is 8.92 Å². The molecule has 1 amide bonds.